The molecule has 1 amide bonds. The summed E-state index contributed by atoms with van der Waals surface area (Å²) in [7, 11) is 0. The van der Waals surface area contributed by atoms with Crippen LogP contribution in [0.4, 0.5) is 4.39 Å². The third kappa shape index (κ3) is 2.80. The first-order chi connectivity index (χ1) is 10.5. The maximum absolute atomic E-state index is 13.8. The summed E-state index contributed by atoms with van der Waals surface area (Å²) < 4.78 is 20.2. The minimum atomic E-state index is -0.610. The number of pyridine rings is 1. The zero-order chi connectivity index (χ0) is 15.7. The molecule has 5 nitrogen and oxygen atoms in total. The summed E-state index contributed by atoms with van der Waals surface area (Å²) in [6.07, 6.45) is 3.32. The maximum Gasteiger partial charge on any atom is 0.248 e. The lowest BCUT2D eigenvalue weighted by Gasteiger charge is -2.07. The number of aromatic nitrogens is 2. The van der Waals surface area contributed by atoms with Gasteiger partial charge in [0.2, 0.25) is 5.91 Å². The molecule has 7 heteroatoms. The summed E-state index contributed by atoms with van der Waals surface area (Å²) in [5.74, 6) is -0.515. The Kier molecular flexibility index (Phi) is 3.81. The van der Waals surface area contributed by atoms with Gasteiger partial charge in [-0.15, -0.1) is 0 Å². The number of nitrogens with one attached hydrogen (secondary N) is 1. The van der Waals surface area contributed by atoms with Gasteiger partial charge in [0.15, 0.2) is 0 Å². The van der Waals surface area contributed by atoms with E-state index in [1.54, 1.807) is 12.4 Å². The number of benzene rings is 1. The van der Waals surface area contributed by atoms with Crippen LogP contribution < -0.4 is 10.5 Å². The minimum absolute atomic E-state index is 0.0214. The molecule has 0 atom stereocenters. The Morgan fingerprint density at radius 2 is 2.23 bits per heavy atom. The molecule has 0 saturated heterocycles. The van der Waals surface area contributed by atoms with Gasteiger partial charge < -0.3 is 15.5 Å². The summed E-state index contributed by atoms with van der Waals surface area (Å²) in [5, 5.41) is 0.779. The van der Waals surface area contributed by atoms with E-state index in [0.717, 1.165) is 9.86 Å². The second kappa shape index (κ2) is 5.76. The number of rotatable bonds is 4. The fraction of sp³-hybridized carbons (Fsp3) is 0.0667. The molecule has 1 aromatic carbocycles. The highest BCUT2D eigenvalue weighted by Crippen LogP contribution is 2.27. The van der Waals surface area contributed by atoms with E-state index in [-0.39, 0.29) is 17.7 Å². The van der Waals surface area contributed by atoms with E-state index in [9.17, 15) is 9.18 Å². The number of hydrogen-bond donors (Lipinski definition) is 2. The highest BCUT2D eigenvalue weighted by molar-refractivity contribution is 9.10. The van der Waals surface area contributed by atoms with Crippen LogP contribution in [0, 0.1) is 5.82 Å². The molecule has 0 fully saturated rings. The van der Waals surface area contributed by atoms with Crippen LogP contribution in [0.2, 0.25) is 0 Å². The summed E-state index contributed by atoms with van der Waals surface area (Å²) in [6, 6.07) is 5.78. The number of H-pyrrole nitrogens is 1. The van der Waals surface area contributed by atoms with E-state index < -0.39 is 11.7 Å². The van der Waals surface area contributed by atoms with E-state index in [2.05, 4.69) is 25.9 Å². The van der Waals surface area contributed by atoms with Gasteiger partial charge in [-0.2, -0.15) is 0 Å². The van der Waals surface area contributed by atoms with Gasteiger partial charge in [-0.3, -0.25) is 4.79 Å². The first-order valence-electron chi connectivity index (χ1n) is 6.38. The first-order valence-corrected chi connectivity index (χ1v) is 7.17. The summed E-state index contributed by atoms with van der Waals surface area (Å²) >= 11 is 3.34. The van der Waals surface area contributed by atoms with Crippen LogP contribution in [0.5, 0.6) is 5.75 Å². The monoisotopic (exact) mass is 363 g/mol. The average molecular weight is 364 g/mol. The lowest BCUT2D eigenvalue weighted by atomic mass is 10.1. The molecule has 0 spiro atoms. The smallest absolute Gasteiger partial charge is 0.248 e. The van der Waals surface area contributed by atoms with Crippen molar-refractivity contribution in [2.24, 2.45) is 5.73 Å². The number of fused-ring (bicyclic) bond motifs is 1. The fourth-order valence-corrected chi connectivity index (χ4v) is 2.40. The zero-order valence-corrected chi connectivity index (χ0v) is 12.9. The Labute approximate surface area is 133 Å². The van der Waals surface area contributed by atoms with Gasteiger partial charge in [0, 0.05) is 28.0 Å². The number of nitrogens with two attached hydrogens (primary N) is 1. The third-order valence-electron chi connectivity index (χ3n) is 3.17. The van der Waals surface area contributed by atoms with Crippen LogP contribution in [-0.4, -0.2) is 15.9 Å². The maximum atomic E-state index is 13.8. The molecule has 0 unspecified atom stereocenters. The molecule has 0 saturated carbocycles. The van der Waals surface area contributed by atoms with Gasteiger partial charge in [-0.25, -0.2) is 9.37 Å². The molecule has 3 aromatic rings. The number of hydrogen-bond acceptors (Lipinski definition) is 3. The Bertz CT molecular complexity index is 863. The first kappa shape index (κ1) is 14.5. The molecule has 3 N–H and O–H groups in total. The van der Waals surface area contributed by atoms with E-state index in [4.69, 9.17) is 10.5 Å². The fourth-order valence-electron chi connectivity index (χ4n) is 2.07. The van der Waals surface area contributed by atoms with Crippen molar-refractivity contribution in [3.63, 3.8) is 0 Å². The quantitative estimate of drug-likeness (QED) is 0.746. The van der Waals surface area contributed by atoms with Crippen molar-refractivity contribution in [3.8, 4) is 5.75 Å². The topological polar surface area (TPSA) is 81.0 Å². The number of aromatic amines is 1. The number of carbonyl (C=O) groups excluding carboxylic acids is 1. The van der Waals surface area contributed by atoms with E-state index in [0.29, 0.717) is 11.4 Å². The van der Waals surface area contributed by atoms with Crippen molar-refractivity contribution in [2.45, 2.75) is 6.61 Å². The van der Waals surface area contributed by atoms with Gasteiger partial charge in [-0.1, -0.05) is 0 Å². The molecular formula is C15H11BrFN3O2. The van der Waals surface area contributed by atoms with Crippen LogP contribution in [-0.2, 0) is 6.61 Å². The normalized spacial score (nSPS) is 10.8. The molecule has 0 aliphatic rings. The highest BCUT2D eigenvalue weighted by atomic mass is 79.9. The SMILES string of the molecule is NC(=O)c1ccc(F)c(COc2c[nH]c3ncc(Br)cc23)c1. The van der Waals surface area contributed by atoms with Gasteiger partial charge in [0.25, 0.3) is 0 Å². The average Bonchev–Trinajstić information content (AvgIpc) is 2.88. The molecular weight excluding hydrogens is 353 g/mol. The van der Waals surface area contributed by atoms with E-state index >= 15 is 0 Å². The Morgan fingerprint density at radius 3 is 3.00 bits per heavy atom. The van der Waals surface area contributed by atoms with Crippen LogP contribution in [0.15, 0.2) is 41.1 Å². The van der Waals surface area contributed by atoms with Gasteiger partial charge in [-0.05, 0) is 40.2 Å². The van der Waals surface area contributed by atoms with Gasteiger partial charge in [0.05, 0.1) is 5.39 Å². The highest BCUT2D eigenvalue weighted by Gasteiger charge is 2.10. The lowest BCUT2D eigenvalue weighted by Crippen LogP contribution is -2.12. The van der Waals surface area contributed by atoms with Crippen LogP contribution in [0.1, 0.15) is 15.9 Å². The molecule has 0 aliphatic carbocycles. The summed E-state index contributed by atoms with van der Waals surface area (Å²) in [5.41, 5.74) is 6.36. The number of nitrogens with zero attached hydrogens (tertiary/aromatic N) is 1. The molecule has 22 heavy (non-hydrogen) atoms. The van der Waals surface area contributed by atoms with Gasteiger partial charge in [0.1, 0.15) is 23.8 Å². The predicted molar refractivity (Wildman–Crippen MR) is 83.0 cm³/mol. The van der Waals surface area contributed by atoms with Crippen molar-refractivity contribution >= 4 is 32.9 Å². The van der Waals surface area contributed by atoms with E-state index in [1.165, 1.54) is 18.2 Å². The van der Waals surface area contributed by atoms with Crippen molar-refractivity contribution in [1.29, 1.82) is 0 Å². The molecule has 0 bridgehead atoms. The second-order valence-corrected chi connectivity index (χ2v) is 5.58. The standard InChI is InChI=1S/C15H11BrFN3O2/c16-10-4-11-13(6-20-15(11)19-5-10)22-7-9-3-8(14(18)21)1-2-12(9)17/h1-6H,7H2,(H2,18,21)(H,19,20). The van der Waals surface area contributed by atoms with Crippen molar-refractivity contribution < 1.29 is 13.9 Å². The van der Waals surface area contributed by atoms with Crippen molar-refractivity contribution in [3.05, 3.63) is 58.1 Å². The number of halogens is 2. The summed E-state index contributed by atoms with van der Waals surface area (Å²) in [6.45, 7) is -0.0214. The minimum Gasteiger partial charge on any atom is -0.486 e. The Hall–Kier alpha value is -2.41. The van der Waals surface area contributed by atoms with Crippen molar-refractivity contribution in [2.75, 3.05) is 0 Å². The Morgan fingerprint density at radius 1 is 1.41 bits per heavy atom. The Balaban J connectivity index is 1.86. The molecule has 0 radical (unpaired) electrons. The van der Waals surface area contributed by atoms with Crippen LogP contribution >= 0.6 is 15.9 Å². The van der Waals surface area contributed by atoms with Crippen LogP contribution in [0.3, 0.4) is 0 Å². The predicted octanol–water partition coefficient (Wildman–Crippen LogP) is 3.14. The second-order valence-electron chi connectivity index (χ2n) is 4.66. The third-order valence-corrected chi connectivity index (χ3v) is 3.61. The number of carbonyl (C=O) groups is 1. The molecule has 112 valence electrons. The molecule has 3 rings (SSSR count). The molecule has 2 aromatic heterocycles. The number of amides is 1. The molecule has 2 heterocycles. The largest absolute Gasteiger partial charge is 0.486 e. The summed E-state index contributed by atoms with van der Waals surface area (Å²) in [4.78, 5) is 18.3. The van der Waals surface area contributed by atoms with E-state index in [1.807, 2.05) is 6.07 Å². The lowest BCUT2D eigenvalue weighted by molar-refractivity contribution is 0.1000. The van der Waals surface area contributed by atoms with Gasteiger partial charge >= 0.3 is 0 Å². The molecule has 0 aliphatic heterocycles. The number of ether oxygens (including phenoxy) is 1. The van der Waals surface area contributed by atoms with Crippen molar-refractivity contribution in [1.82, 2.24) is 9.97 Å². The number of primary amides is 1. The zero-order valence-electron chi connectivity index (χ0n) is 11.3. The van der Waals surface area contributed by atoms with Crippen LogP contribution in [0.25, 0.3) is 11.0 Å².